The summed E-state index contributed by atoms with van der Waals surface area (Å²) >= 11 is 0. The number of carbonyl (C=O) groups is 1. The number of nitrogens with zero attached hydrogens (tertiary/aromatic N) is 1. The maximum absolute atomic E-state index is 12.7. The van der Waals surface area contributed by atoms with Crippen molar-refractivity contribution in [2.24, 2.45) is 17.3 Å². The van der Waals surface area contributed by atoms with Gasteiger partial charge in [-0.2, -0.15) is 0 Å². The number of carbonyl (C=O) groups excluding carboxylic acids is 1. The zero-order chi connectivity index (χ0) is 12.7. The lowest BCUT2D eigenvalue weighted by Gasteiger charge is -2.32. The fourth-order valence-electron chi connectivity index (χ4n) is 4.00. The molecule has 4 rings (SSSR count). The Bertz CT molecular complexity index is 507. The molecule has 2 nitrogen and oxygen atoms in total. The summed E-state index contributed by atoms with van der Waals surface area (Å²) in [5, 5.41) is 0. The smallest absolute Gasteiger partial charge is 0.228 e. The second-order valence-corrected chi connectivity index (χ2v) is 7.04. The number of rotatable bonds is 0. The van der Waals surface area contributed by atoms with Gasteiger partial charge in [-0.3, -0.25) is 4.79 Å². The molecule has 4 unspecified atom stereocenters. The van der Waals surface area contributed by atoms with E-state index >= 15 is 0 Å². The first-order valence-corrected chi connectivity index (χ1v) is 6.92. The van der Waals surface area contributed by atoms with Gasteiger partial charge >= 0.3 is 0 Å². The van der Waals surface area contributed by atoms with Crippen molar-refractivity contribution >= 4 is 5.91 Å². The van der Waals surface area contributed by atoms with Crippen molar-refractivity contribution in [3.8, 4) is 0 Å². The van der Waals surface area contributed by atoms with Crippen molar-refractivity contribution in [3.05, 3.63) is 35.4 Å². The molecule has 2 heteroatoms. The van der Waals surface area contributed by atoms with Gasteiger partial charge < -0.3 is 4.90 Å². The monoisotopic (exact) mass is 241 g/mol. The molecule has 4 atom stereocenters. The van der Waals surface area contributed by atoms with E-state index in [9.17, 15) is 4.79 Å². The van der Waals surface area contributed by atoms with Crippen LogP contribution in [0.4, 0.5) is 0 Å². The Balaban J connectivity index is 1.81. The zero-order valence-electron chi connectivity index (χ0n) is 11.2. The van der Waals surface area contributed by atoms with Crippen molar-refractivity contribution in [2.45, 2.75) is 39.3 Å². The molecule has 1 aliphatic carbocycles. The second-order valence-electron chi connectivity index (χ2n) is 7.04. The Morgan fingerprint density at radius 1 is 1.11 bits per heavy atom. The topological polar surface area (TPSA) is 20.3 Å². The van der Waals surface area contributed by atoms with E-state index in [1.807, 2.05) is 20.8 Å². The van der Waals surface area contributed by atoms with Crippen LogP contribution < -0.4 is 0 Å². The molecule has 0 radical (unpaired) electrons. The van der Waals surface area contributed by atoms with Crippen LogP contribution in [0.25, 0.3) is 0 Å². The highest BCUT2D eigenvalue weighted by Gasteiger charge is 2.66. The van der Waals surface area contributed by atoms with E-state index in [1.165, 1.54) is 17.5 Å². The van der Waals surface area contributed by atoms with Crippen molar-refractivity contribution in [1.82, 2.24) is 4.90 Å². The van der Waals surface area contributed by atoms with Crippen LogP contribution >= 0.6 is 0 Å². The van der Waals surface area contributed by atoms with Gasteiger partial charge in [-0.05, 0) is 29.4 Å². The highest BCUT2D eigenvalue weighted by Crippen LogP contribution is 2.70. The molecule has 1 saturated heterocycles. The van der Waals surface area contributed by atoms with Gasteiger partial charge in [-0.25, -0.2) is 0 Å². The van der Waals surface area contributed by atoms with Crippen LogP contribution in [-0.4, -0.2) is 10.8 Å². The maximum Gasteiger partial charge on any atom is 0.228 e. The standard InChI is InChI=1S/C16H19NO/c1-16(2,3)15(18)17-13-9-6-4-5-7-10(9)14(17)12-8-11(12)13/h4-7,11-14H,8H2,1-3H3. The third kappa shape index (κ3) is 1.12. The van der Waals surface area contributed by atoms with Gasteiger partial charge in [0, 0.05) is 5.41 Å². The number of fused-ring (bicyclic) bond motifs is 8. The minimum Gasteiger partial charge on any atom is -0.328 e. The van der Waals surface area contributed by atoms with Crippen LogP contribution in [0.5, 0.6) is 0 Å². The van der Waals surface area contributed by atoms with Crippen LogP contribution in [-0.2, 0) is 4.79 Å². The first-order chi connectivity index (χ1) is 8.50. The SMILES string of the molecule is CC(C)(C)C(=O)N1C2c3ccccc3C1C1CC12. The summed E-state index contributed by atoms with van der Waals surface area (Å²) in [7, 11) is 0. The third-order valence-corrected chi connectivity index (χ3v) is 4.81. The lowest BCUT2D eigenvalue weighted by atomic mass is 9.92. The van der Waals surface area contributed by atoms with E-state index in [0.29, 0.717) is 18.0 Å². The number of amides is 1. The largest absolute Gasteiger partial charge is 0.328 e. The third-order valence-electron chi connectivity index (χ3n) is 4.81. The summed E-state index contributed by atoms with van der Waals surface area (Å²) in [5.74, 6) is 1.81. The van der Waals surface area contributed by atoms with Gasteiger partial charge in [0.25, 0.3) is 0 Å². The van der Waals surface area contributed by atoms with Gasteiger partial charge in [0.2, 0.25) is 5.91 Å². The normalized spacial score (nSPS) is 35.4. The highest BCUT2D eigenvalue weighted by atomic mass is 16.2. The van der Waals surface area contributed by atoms with Crippen molar-refractivity contribution < 1.29 is 4.79 Å². The highest BCUT2D eigenvalue weighted by molar-refractivity contribution is 5.84. The van der Waals surface area contributed by atoms with Crippen LogP contribution in [0, 0.1) is 17.3 Å². The van der Waals surface area contributed by atoms with Crippen molar-refractivity contribution in [2.75, 3.05) is 0 Å². The Hall–Kier alpha value is -1.31. The quantitative estimate of drug-likeness (QED) is 0.682. The summed E-state index contributed by atoms with van der Waals surface area (Å²) < 4.78 is 0. The van der Waals surface area contributed by atoms with Crippen molar-refractivity contribution in [1.29, 1.82) is 0 Å². The molecule has 0 spiro atoms. The Labute approximate surface area is 108 Å². The minimum absolute atomic E-state index is 0.269. The Morgan fingerprint density at radius 3 is 2.06 bits per heavy atom. The molecule has 1 aromatic rings. The molecule has 2 aliphatic heterocycles. The van der Waals surface area contributed by atoms with Gasteiger partial charge in [0.15, 0.2) is 0 Å². The molecule has 1 aromatic carbocycles. The minimum atomic E-state index is -0.269. The summed E-state index contributed by atoms with van der Waals surface area (Å²) in [6.45, 7) is 6.09. The average molecular weight is 241 g/mol. The van der Waals surface area contributed by atoms with E-state index in [2.05, 4.69) is 29.2 Å². The number of piperidine rings is 1. The molecule has 2 fully saturated rings. The molecule has 3 aliphatic rings. The molecule has 94 valence electrons. The van der Waals surface area contributed by atoms with Crippen LogP contribution in [0.3, 0.4) is 0 Å². The summed E-state index contributed by atoms with van der Waals surface area (Å²) in [6, 6.07) is 9.41. The summed E-state index contributed by atoms with van der Waals surface area (Å²) in [4.78, 5) is 14.9. The van der Waals surface area contributed by atoms with E-state index in [0.717, 1.165) is 11.8 Å². The molecule has 2 heterocycles. The summed E-state index contributed by atoms with van der Waals surface area (Å²) in [5.41, 5.74) is 2.56. The summed E-state index contributed by atoms with van der Waals surface area (Å²) in [6.07, 6.45) is 1.32. The fourth-order valence-corrected chi connectivity index (χ4v) is 4.00. The lowest BCUT2D eigenvalue weighted by Crippen LogP contribution is -2.38. The molecule has 18 heavy (non-hydrogen) atoms. The fraction of sp³-hybridized carbons (Fsp3) is 0.562. The van der Waals surface area contributed by atoms with Crippen LogP contribution in [0.15, 0.2) is 24.3 Å². The lowest BCUT2D eigenvalue weighted by molar-refractivity contribution is -0.143. The first kappa shape index (κ1) is 10.6. The molecular formula is C16H19NO. The van der Waals surface area contributed by atoms with E-state index in [1.54, 1.807) is 0 Å². The van der Waals surface area contributed by atoms with E-state index in [4.69, 9.17) is 0 Å². The van der Waals surface area contributed by atoms with Gasteiger partial charge in [-0.1, -0.05) is 45.0 Å². The number of hydrogen-bond acceptors (Lipinski definition) is 1. The van der Waals surface area contributed by atoms with E-state index < -0.39 is 0 Å². The van der Waals surface area contributed by atoms with E-state index in [-0.39, 0.29) is 5.41 Å². The maximum atomic E-state index is 12.7. The van der Waals surface area contributed by atoms with Crippen LogP contribution in [0.2, 0.25) is 0 Å². The zero-order valence-corrected chi connectivity index (χ0v) is 11.2. The molecule has 0 N–H and O–H groups in total. The second kappa shape index (κ2) is 2.98. The number of hydrogen-bond donors (Lipinski definition) is 0. The Kier molecular flexibility index (Phi) is 1.76. The average Bonchev–Trinajstić information content (AvgIpc) is 2.96. The Morgan fingerprint density at radius 2 is 1.61 bits per heavy atom. The van der Waals surface area contributed by atoms with Gasteiger partial charge in [0.1, 0.15) is 0 Å². The first-order valence-electron chi connectivity index (χ1n) is 6.92. The van der Waals surface area contributed by atoms with Crippen molar-refractivity contribution in [3.63, 3.8) is 0 Å². The van der Waals surface area contributed by atoms with Gasteiger partial charge in [0.05, 0.1) is 12.1 Å². The molecule has 0 aromatic heterocycles. The molecular weight excluding hydrogens is 222 g/mol. The van der Waals surface area contributed by atoms with Crippen LogP contribution in [0.1, 0.15) is 50.4 Å². The predicted molar refractivity (Wildman–Crippen MR) is 69.8 cm³/mol. The molecule has 1 saturated carbocycles. The van der Waals surface area contributed by atoms with Gasteiger partial charge in [-0.15, -0.1) is 0 Å². The molecule has 2 bridgehead atoms. The predicted octanol–water partition coefficient (Wildman–Crippen LogP) is 3.31. The number of benzene rings is 1. The molecule has 1 amide bonds.